The maximum Gasteiger partial charge on any atom is 1.00 e. The van der Waals surface area contributed by atoms with Gasteiger partial charge in [-0.1, -0.05) is 11.6 Å². The van der Waals surface area contributed by atoms with Crippen LogP contribution in [0.2, 0.25) is 15.7 Å². The minimum atomic E-state index is -0.181. The van der Waals surface area contributed by atoms with E-state index < -0.39 is 0 Å². The number of benzene rings is 2. The monoisotopic (exact) mass is 790 g/mol. The molecule has 0 amide bonds. The first-order valence-electron chi connectivity index (χ1n) is 15.2. The van der Waals surface area contributed by atoms with Crippen molar-refractivity contribution in [1.82, 2.24) is 39.5 Å². The van der Waals surface area contributed by atoms with Gasteiger partial charge in [0.15, 0.2) is 0 Å². The number of aromatic nitrogens is 8. The topological polar surface area (TPSA) is 161 Å². The Morgan fingerprint density at radius 2 is 1.38 bits per heavy atom. The molecule has 4 aromatic heterocycles. The fraction of sp³-hybridized carbons (Fsp3) is 0.303. The van der Waals surface area contributed by atoms with Crippen molar-refractivity contribution in [2.75, 3.05) is 37.5 Å². The molecule has 268 valence electrons. The number of hydrogen-bond donors (Lipinski definition) is 1. The summed E-state index contributed by atoms with van der Waals surface area (Å²) >= 11 is 16.6. The van der Waals surface area contributed by atoms with Gasteiger partial charge in [-0.25, -0.2) is 19.9 Å². The van der Waals surface area contributed by atoms with Gasteiger partial charge in [-0.3, -0.25) is 14.2 Å². The van der Waals surface area contributed by atoms with Gasteiger partial charge < -0.3 is 26.5 Å². The Hall–Kier alpha value is -2.60. The van der Waals surface area contributed by atoms with Crippen LogP contribution >= 0.6 is 34.8 Å². The van der Waals surface area contributed by atoms with Crippen LogP contribution in [-0.2, 0) is 28.5 Å². The molecule has 0 atom stereocenters. The average Bonchev–Trinajstić information content (AvgIpc) is 3.86. The van der Waals surface area contributed by atoms with Gasteiger partial charge in [0.1, 0.15) is 11.0 Å². The number of nitrogens with one attached hydrogen (secondary N) is 1. The molecule has 52 heavy (non-hydrogen) atoms. The van der Waals surface area contributed by atoms with Crippen LogP contribution in [0.4, 0.5) is 17.2 Å². The number of carbonyl (C=O) groups excluding carboxylic acids is 1. The predicted molar refractivity (Wildman–Crippen MR) is 196 cm³/mol. The molecule has 0 unspecified atom stereocenters. The normalized spacial score (nSPS) is 11.0. The van der Waals surface area contributed by atoms with Crippen molar-refractivity contribution >= 4 is 80.3 Å². The van der Waals surface area contributed by atoms with Crippen LogP contribution in [-0.4, -0.2) is 73.3 Å². The third kappa shape index (κ3) is 14.7. The molecular weight excluding hydrogens is 753 g/mol. The quantitative estimate of drug-likeness (QED) is 0.0645. The largest absolute Gasteiger partial charge is 1.00 e. The summed E-state index contributed by atoms with van der Waals surface area (Å²) in [7, 11) is 7.77. The van der Waals surface area contributed by atoms with Crippen LogP contribution < -0.4 is 74.6 Å². The Kier molecular flexibility index (Phi) is 22.5. The van der Waals surface area contributed by atoms with E-state index in [0.717, 1.165) is 52.5 Å². The van der Waals surface area contributed by atoms with Crippen molar-refractivity contribution in [2.24, 2.45) is 14.1 Å². The fourth-order valence-electron chi connectivity index (χ4n) is 4.49. The van der Waals surface area contributed by atoms with Crippen molar-refractivity contribution in [1.29, 1.82) is 0 Å². The molecule has 1 aliphatic rings. The number of halogens is 3. The minimum absolute atomic E-state index is 0. The van der Waals surface area contributed by atoms with Crippen LogP contribution in [0.15, 0.2) is 60.9 Å². The molecule has 0 aliphatic carbocycles. The van der Waals surface area contributed by atoms with Crippen LogP contribution in [0.5, 0.6) is 0 Å². The predicted octanol–water partition coefficient (Wildman–Crippen LogP) is 0.152. The second-order valence-corrected chi connectivity index (χ2v) is 11.6. The van der Waals surface area contributed by atoms with E-state index in [2.05, 4.69) is 78.5 Å². The van der Waals surface area contributed by atoms with Crippen LogP contribution in [0.1, 0.15) is 25.7 Å². The summed E-state index contributed by atoms with van der Waals surface area (Å²) in [5.74, 6) is 0.747. The van der Waals surface area contributed by atoms with Gasteiger partial charge in [0.2, 0.25) is 10.6 Å². The van der Waals surface area contributed by atoms with E-state index in [1.165, 1.54) is 30.1 Å². The van der Waals surface area contributed by atoms with Gasteiger partial charge >= 0.3 is 59.1 Å². The number of hydrogen-bond acceptors (Lipinski definition) is 12. The molecule has 14 nitrogen and oxygen atoms in total. The van der Waals surface area contributed by atoms with Crippen molar-refractivity contribution in [2.45, 2.75) is 26.7 Å². The molecule has 0 radical (unpaired) electrons. The third-order valence-electron chi connectivity index (χ3n) is 7.33. The van der Waals surface area contributed by atoms with E-state index in [9.17, 15) is 0 Å². The number of fused-ring (bicyclic) bond motifs is 2. The molecule has 7 rings (SSSR count). The van der Waals surface area contributed by atoms with Crippen molar-refractivity contribution in [3.8, 4) is 0 Å². The SMILES string of the molecule is C1CCOC1.CNc1ccc2c(C)n(C)nc2c1.Cc1c2ccc(N(C)c3ccnc(Cl)n3)cc2nn1C.Clc1ccnc(Cl)n1.O=CO[O-].[H-].[Na+].[Na+]. The van der Waals surface area contributed by atoms with Gasteiger partial charge in [0.05, 0.1) is 11.0 Å². The number of nitrogens with zero attached hydrogens (tertiary/aromatic N) is 9. The van der Waals surface area contributed by atoms with Gasteiger partial charge in [0, 0.05) is 87.3 Å². The molecule has 0 bridgehead atoms. The fourth-order valence-corrected chi connectivity index (χ4v) is 4.96. The van der Waals surface area contributed by atoms with E-state index in [4.69, 9.17) is 49.6 Å². The van der Waals surface area contributed by atoms with Crippen molar-refractivity contribution in [3.05, 3.63) is 88.0 Å². The summed E-state index contributed by atoms with van der Waals surface area (Å²) in [6.45, 7) is 5.96. The van der Waals surface area contributed by atoms with Crippen LogP contribution in [0.25, 0.3) is 21.8 Å². The Morgan fingerprint density at radius 1 is 0.865 bits per heavy atom. The molecule has 0 saturated carbocycles. The molecule has 2 aromatic carbocycles. The Bertz CT molecular complexity index is 1960. The maximum atomic E-state index is 8.64. The molecule has 0 spiro atoms. The molecule has 6 aromatic rings. The Morgan fingerprint density at radius 3 is 1.83 bits per heavy atom. The summed E-state index contributed by atoms with van der Waals surface area (Å²) in [5.41, 5.74) is 6.48. The third-order valence-corrected chi connectivity index (χ3v) is 7.91. The summed E-state index contributed by atoms with van der Waals surface area (Å²) in [6, 6.07) is 15.8. The first-order chi connectivity index (χ1) is 24.0. The Labute approximate surface area is 363 Å². The van der Waals surface area contributed by atoms with E-state index >= 15 is 0 Å². The van der Waals surface area contributed by atoms with Gasteiger partial charge in [-0.05, 0) is 98.4 Å². The molecule has 1 aliphatic heterocycles. The first-order valence-corrected chi connectivity index (χ1v) is 16.3. The molecular formula is C33H39Cl3N10Na2O4. The van der Waals surface area contributed by atoms with E-state index in [-0.39, 0.29) is 77.6 Å². The standard InChI is InChI=1S/C14H14ClN5.C10H13N3.C4H2Cl2N2.C4H8O.CH2O3.2Na.H/c1-9-11-5-4-10(8-12(11)18-20(9)3)19(2)13-6-7-16-14(15)17-13;1-7-9-5-4-8(11-2)6-10(9)12-13(7)3;5-3-1-2-7-4(6)8-3;1-2-4-5-3-1;2-1-4-3;;;/h4-8H,1-3H3;4-6,11H,1-3H3;1-2H;1-4H2;1,3H;;;/q;;;;;2*+1;-1/p-1. The zero-order chi connectivity index (χ0) is 36.6. The van der Waals surface area contributed by atoms with E-state index in [0.29, 0.717) is 5.15 Å². The Balaban J connectivity index is 0.000000707. The molecule has 5 heterocycles. The molecule has 1 fully saturated rings. The molecule has 1 N–H and O–H groups in total. The zero-order valence-electron chi connectivity index (χ0n) is 31.5. The van der Waals surface area contributed by atoms with E-state index in [1.807, 2.05) is 60.7 Å². The average molecular weight is 792 g/mol. The van der Waals surface area contributed by atoms with Gasteiger partial charge in [-0.15, -0.1) is 0 Å². The molecule has 1 saturated heterocycles. The smallest absolute Gasteiger partial charge is 1.00 e. The summed E-state index contributed by atoms with van der Waals surface area (Å²) in [5, 5.41) is 23.6. The summed E-state index contributed by atoms with van der Waals surface area (Å²) in [6.07, 6.45) is 5.70. The first kappa shape index (κ1) is 47.4. The van der Waals surface area contributed by atoms with Gasteiger partial charge in [0.25, 0.3) is 6.47 Å². The summed E-state index contributed by atoms with van der Waals surface area (Å²) < 4.78 is 8.74. The summed E-state index contributed by atoms with van der Waals surface area (Å²) in [4.78, 5) is 28.5. The second-order valence-electron chi connectivity index (χ2n) is 10.5. The van der Waals surface area contributed by atoms with Crippen molar-refractivity contribution < 1.29 is 80.2 Å². The number of rotatable bonds is 4. The van der Waals surface area contributed by atoms with Crippen molar-refractivity contribution in [3.63, 3.8) is 0 Å². The zero-order valence-corrected chi connectivity index (χ0v) is 36.7. The van der Waals surface area contributed by atoms with E-state index in [1.54, 1.807) is 12.3 Å². The van der Waals surface area contributed by atoms with Crippen LogP contribution in [0.3, 0.4) is 0 Å². The van der Waals surface area contributed by atoms with Crippen LogP contribution in [0, 0.1) is 13.8 Å². The number of carbonyl (C=O) groups is 1. The number of anilines is 3. The minimum Gasteiger partial charge on any atom is -1.00 e. The maximum absolute atomic E-state index is 8.64. The second kappa shape index (κ2) is 24.7. The number of aryl methyl sites for hydroxylation is 4. The number of ether oxygens (including phenoxy) is 1. The van der Waals surface area contributed by atoms with Gasteiger partial charge in [-0.2, -0.15) is 10.2 Å². The molecule has 19 heteroatoms.